The van der Waals surface area contributed by atoms with E-state index in [1.807, 2.05) is 0 Å². The molecule has 1 aliphatic rings. The fourth-order valence-corrected chi connectivity index (χ4v) is 9.51. The molecule has 0 aliphatic heterocycles. The molecule has 0 saturated carbocycles. The third kappa shape index (κ3) is 5.54. The van der Waals surface area contributed by atoms with Crippen molar-refractivity contribution in [3.63, 3.8) is 0 Å². The smallest absolute Gasteiger partial charge is 0.0467 e. The molecule has 1 nitrogen and oxygen atoms in total. The maximum Gasteiger partial charge on any atom is 0.0467 e. The molecule has 1 heteroatoms. The molecular formula is C57H41N. The van der Waals surface area contributed by atoms with Crippen molar-refractivity contribution in [3.8, 4) is 44.5 Å². The number of hydrogen-bond acceptors (Lipinski definition) is 1. The van der Waals surface area contributed by atoms with Crippen LogP contribution in [0, 0.1) is 0 Å². The average molecular weight is 740 g/mol. The van der Waals surface area contributed by atoms with Crippen molar-refractivity contribution in [2.24, 2.45) is 0 Å². The molecule has 10 aromatic carbocycles. The van der Waals surface area contributed by atoms with E-state index in [1.165, 1.54) is 88.0 Å². The molecule has 0 heterocycles. The molecule has 0 radical (unpaired) electrons. The van der Waals surface area contributed by atoms with Crippen molar-refractivity contribution in [1.29, 1.82) is 0 Å². The summed E-state index contributed by atoms with van der Waals surface area (Å²) in [6, 6.07) is 78.2. The molecule has 0 aromatic heterocycles. The summed E-state index contributed by atoms with van der Waals surface area (Å²) in [5.74, 6) is 0. The summed E-state index contributed by atoms with van der Waals surface area (Å²) in [5.41, 5.74) is 16.1. The van der Waals surface area contributed by atoms with Crippen LogP contribution in [0.25, 0.3) is 76.8 Å². The van der Waals surface area contributed by atoms with Crippen molar-refractivity contribution in [1.82, 2.24) is 0 Å². The van der Waals surface area contributed by atoms with Gasteiger partial charge in [0, 0.05) is 22.5 Å². The van der Waals surface area contributed by atoms with Crippen LogP contribution in [0.1, 0.15) is 25.0 Å². The average Bonchev–Trinajstić information content (AvgIpc) is 3.52. The molecule has 0 atom stereocenters. The summed E-state index contributed by atoms with van der Waals surface area (Å²) in [5, 5.41) is 7.60. The quantitative estimate of drug-likeness (QED) is 0.154. The second kappa shape index (κ2) is 13.5. The Bertz CT molecular complexity index is 3190. The van der Waals surface area contributed by atoms with E-state index in [4.69, 9.17) is 0 Å². The van der Waals surface area contributed by atoms with E-state index in [-0.39, 0.29) is 5.41 Å². The van der Waals surface area contributed by atoms with Gasteiger partial charge in [0.05, 0.1) is 0 Å². The van der Waals surface area contributed by atoms with Crippen molar-refractivity contribution < 1.29 is 0 Å². The molecule has 0 N–H and O–H groups in total. The zero-order valence-electron chi connectivity index (χ0n) is 32.7. The molecule has 11 rings (SSSR count). The van der Waals surface area contributed by atoms with Crippen LogP contribution >= 0.6 is 0 Å². The van der Waals surface area contributed by atoms with E-state index < -0.39 is 0 Å². The van der Waals surface area contributed by atoms with Gasteiger partial charge in [0.15, 0.2) is 0 Å². The first-order valence-electron chi connectivity index (χ1n) is 20.3. The Morgan fingerprint density at radius 1 is 0.310 bits per heavy atom. The van der Waals surface area contributed by atoms with Crippen LogP contribution in [0.4, 0.5) is 17.1 Å². The molecule has 0 fully saturated rings. The Morgan fingerprint density at radius 2 is 0.897 bits per heavy atom. The first kappa shape index (κ1) is 34.1. The summed E-state index contributed by atoms with van der Waals surface area (Å²) >= 11 is 0. The normalized spacial score (nSPS) is 12.8. The molecule has 0 amide bonds. The lowest BCUT2D eigenvalue weighted by atomic mass is 9.82. The van der Waals surface area contributed by atoms with E-state index in [0.717, 1.165) is 17.1 Å². The van der Waals surface area contributed by atoms with E-state index in [9.17, 15) is 0 Å². The van der Waals surface area contributed by atoms with Crippen LogP contribution in [0.15, 0.2) is 212 Å². The Kier molecular flexibility index (Phi) is 7.91. The third-order valence-electron chi connectivity index (χ3n) is 12.5. The SMILES string of the molecule is CC1(C)c2ccccc2-c2c(-c3cccc(N(c4ccc(-c5ccc6ccccc6c5)cc4)c4ccc(-c5cccc6c5ccc5ccccc56)cc4)c3)cccc21. The molecule has 0 spiro atoms. The molecule has 1 aliphatic carbocycles. The van der Waals surface area contributed by atoms with Crippen LogP contribution in [-0.4, -0.2) is 0 Å². The summed E-state index contributed by atoms with van der Waals surface area (Å²) < 4.78 is 0. The number of anilines is 3. The molecule has 0 bridgehead atoms. The van der Waals surface area contributed by atoms with Gasteiger partial charge < -0.3 is 4.90 Å². The summed E-state index contributed by atoms with van der Waals surface area (Å²) in [4.78, 5) is 2.40. The third-order valence-corrected chi connectivity index (χ3v) is 12.5. The number of hydrogen-bond donors (Lipinski definition) is 0. The van der Waals surface area contributed by atoms with E-state index >= 15 is 0 Å². The highest BCUT2D eigenvalue weighted by Gasteiger charge is 2.36. The van der Waals surface area contributed by atoms with Gasteiger partial charge in [0.1, 0.15) is 0 Å². The lowest BCUT2D eigenvalue weighted by molar-refractivity contribution is 0.660. The fraction of sp³-hybridized carbons (Fsp3) is 0.0526. The van der Waals surface area contributed by atoms with Gasteiger partial charge in [0.25, 0.3) is 0 Å². The van der Waals surface area contributed by atoms with Gasteiger partial charge >= 0.3 is 0 Å². The maximum absolute atomic E-state index is 2.40. The van der Waals surface area contributed by atoms with Gasteiger partial charge in [0.2, 0.25) is 0 Å². The zero-order chi connectivity index (χ0) is 38.8. The summed E-state index contributed by atoms with van der Waals surface area (Å²) in [7, 11) is 0. The number of nitrogens with zero attached hydrogens (tertiary/aromatic N) is 1. The predicted molar refractivity (Wildman–Crippen MR) is 248 cm³/mol. The highest BCUT2D eigenvalue weighted by Crippen LogP contribution is 2.52. The Labute approximate surface area is 340 Å². The standard InChI is InChI=1S/C57H41N/c1-57(2)54-22-8-7-18-53(54)56-50(20-11-23-55(56)57)44-15-9-16-47(37-44)58(45-31-26-39(27-32-45)43-25-24-38-12-3-4-14-42(38)36-43)46-33-28-41(29-34-46)49-19-10-21-51-48-17-6-5-13-40(48)30-35-52(49)51/h3-37H,1-2H3. The van der Waals surface area contributed by atoms with Gasteiger partial charge in [-0.3, -0.25) is 0 Å². The van der Waals surface area contributed by atoms with Gasteiger partial charge in [-0.15, -0.1) is 0 Å². The lowest BCUT2D eigenvalue weighted by Crippen LogP contribution is -2.14. The monoisotopic (exact) mass is 739 g/mol. The van der Waals surface area contributed by atoms with Crippen LogP contribution < -0.4 is 4.90 Å². The summed E-state index contributed by atoms with van der Waals surface area (Å²) in [6.07, 6.45) is 0. The molecule has 58 heavy (non-hydrogen) atoms. The van der Waals surface area contributed by atoms with Crippen molar-refractivity contribution in [3.05, 3.63) is 223 Å². The minimum atomic E-state index is -0.0582. The molecule has 274 valence electrons. The van der Waals surface area contributed by atoms with Gasteiger partial charge in [-0.1, -0.05) is 184 Å². The molecule has 0 saturated heterocycles. The second-order valence-electron chi connectivity index (χ2n) is 16.1. The van der Waals surface area contributed by atoms with Crippen molar-refractivity contribution in [2.75, 3.05) is 4.90 Å². The Balaban J connectivity index is 1.03. The van der Waals surface area contributed by atoms with Crippen LogP contribution in [0.2, 0.25) is 0 Å². The highest BCUT2D eigenvalue weighted by atomic mass is 15.1. The number of fused-ring (bicyclic) bond motifs is 7. The van der Waals surface area contributed by atoms with Crippen molar-refractivity contribution in [2.45, 2.75) is 19.3 Å². The van der Waals surface area contributed by atoms with Crippen LogP contribution in [0.3, 0.4) is 0 Å². The number of rotatable bonds is 6. The van der Waals surface area contributed by atoms with Gasteiger partial charge in [-0.05, 0) is 130 Å². The topological polar surface area (TPSA) is 3.24 Å². The Hall–Kier alpha value is -7.22. The minimum absolute atomic E-state index is 0.0582. The molecular weight excluding hydrogens is 699 g/mol. The van der Waals surface area contributed by atoms with Crippen LogP contribution in [0.5, 0.6) is 0 Å². The first-order chi connectivity index (χ1) is 28.5. The molecule has 10 aromatic rings. The van der Waals surface area contributed by atoms with E-state index in [2.05, 4.69) is 231 Å². The largest absolute Gasteiger partial charge is 0.310 e. The predicted octanol–water partition coefficient (Wildman–Crippen LogP) is 15.9. The van der Waals surface area contributed by atoms with E-state index in [1.54, 1.807) is 0 Å². The van der Waals surface area contributed by atoms with Gasteiger partial charge in [-0.2, -0.15) is 0 Å². The Morgan fingerprint density at radius 3 is 1.72 bits per heavy atom. The lowest BCUT2D eigenvalue weighted by Gasteiger charge is -2.27. The highest BCUT2D eigenvalue weighted by molar-refractivity contribution is 6.12. The number of benzene rings is 10. The zero-order valence-corrected chi connectivity index (χ0v) is 32.7. The van der Waals surface area contributed by atoms with Crippen LogP contribution in [-0.2, 0) is 5.41 Å². The first-order valence-corrected chi connectivity index (χ1v) is 20.3. The minimum Gasteiger partial charge on any atom is -0.310 e. The summed E-state index contributed by atoms with van der Waals surface area (Å²) in [6.45, 7) is 4.70. The fourth-order valence-electron chi connectivity index (χ4n) is 9.51. The van der Waals surface area contributed by atoms with Crippen molar-refractivity contribution >= 4 is 49.4 Å². The maximum atomic E-state index is 2.40. The van der Waals surface area contributed by atoms with Gasteiger partial charge in [-0.25, -0.2) is 0 Å². The molecule has 0 unspecified atom stereocenters. The van der Waals surface area contributed by atoms with E-state index in [0.29, 0.717) is 0 Å². The second-order valence-corrected chi connectivity index (χ2v) is 16.1.